The number of thiophene rings is 1. The quantitative estimate of drug-likeness (QED) is 0.645. The minimum atomic E-state index is 0.0555. The van der Waals surface area contributed by atoms with Gasteiger partial charge in [0.25, 0.3) is 0 Å². The molecule has 19 heavy (non-hydrogen) atoms. The molecule has 0 unspecified atom stereocenters. The van der Waals surface area contributed by atoms with Crippen molar-refractivity contribution in [1.82, 2.24) is 5.32 Å². The number of thioether (sulfide) groups is 1. The Morgan fingerprint density at radius 1 is 1.26 bits per heavy atom. The Bertz CT molecular complexity index is 547. The summed E-state index contributed by atoms with van der Waals surface area (Å²) in [6.07, 6.45) is 3.63. The molecule has 0 radical (unpaired) electrons. The minimum absolute atomic E-state index is 0.0555. The Kier molecular flexibility index (Phi) is 5.24. The first kappa shape index (κ1) is 13.9. The molecule has 0 saturated carbocycles. The van der Waals surface area contributed by atoms with E-state index in [4.69, 9.17) is 0 Å². The summed E-state index contributed by atoms with van der Waals surface area (Å²) in [5, 5.41) is 6.09. The molecule has 1 N–H and O–H groups in total. The van der Waals surface area contributed by atoms with Gasteiger partial charge in [-0.3, -0.25) is 4.79 Å². The number of nitrogens with one attached hydrogen (secondary N) is 1. The summed E-state index contributed by atoms with van der Waals surface area (Å²) < 4.78 is 0. The lowest BCUT2D eigenvalue weighted by Crippen LogP contribution is -2.11. The molecule has 1 aromatic carbocycles. The molecule has 1 heterocycles. The molecule has 1 aromatic heterocycles. The minimum Gasteiger partial charge on any atom is -0.376 e. The van der Waals surface area contributed by atoms with Gasteiger partial charge in [0.2, 0.25) is 0 Å². The molecule has 0 atom stereocenters. The van der Waals surface area contributed by atoms with Gasteiger partial charge in [-0.2, -0.15) is 0 Å². The fraction of sp³-hybridized carbons (Fsp3) is 0.133. The van der Waals surface area contributed by atoms with Gasteiger partial charge in [-0.1, -0.05) is 36.4 Å². The van der Waals surface area contributed by atoms with E-state index in [1.165, 1.54) is 16.9 Å². The van der Waals surface area contributed by atoms with Gasteiger partial charge < -0.3 is 5.32 Å². The second kappa shape index (κ2) is 7.16. The SMILES string of the molecule is CSC(=CC(=O)c1cccs1)NCc1ccccc1. The maximum atomic E-state index is 12.0. The first-order valence-corrected chi connectivity index (χ1v) is 8.01. The van der Waals surface area contributed by atoms with Gasteiger partial charge in [0, 0.05) is 12.6 Å². The van der Waals surface area contributed by atoms with Gasteiger partial charge in [0.1, 0.15) is 0 Å². The third kappa shape index (κ3) is 4.26. The Labute approximate surface area is 121 Å². The number of hydrogen-bond donors (Lipinski definition) is 1. The van der Waals surface area contributed by atoms with Crippen LogP contribution in [-0.4, -0.2) is 12.0 Å². The van der Waals surface area contributed by atoms with Gasteiger partial charge in [-0.15, -0.1) is 23.1 Å². The van der Waals surface area contributed by atoms with Crippen molar-refractivity contribution in [3.8, 4) is 0 Å². The lowest BCUT2D eigenvalue weighted by molar-refractivity contribution is 0.105. The first-order valence-electron chi connectivity index (χ1n) is 5.91. The van der Waals surface area contributed by atoms with Crippen LogP contribution in [0.2, 0.25) is 0 Å². The normalized spacial score (nSPS) is 11.3. The van der Waals surface area contributed by atoms with Crippen LogP contribution < -0.4 is 5.32 Å². The third-order valence-electron chi connectivity index (χ3n) is 2.56. The summed E-state index contributed by atoms with van der Waals surface area (Å²) in [5.41, 5.74) is 1.20. The molecule has 2 nitrogen and oxygen atoms in total. The first-order chi connectivity index (χ1) is 9.29. The molecular formula is C15H15NOS2. The molecular weight excluding hydrogens is 274 g/mol. The predicted molar refractivity (Wildman–Crippen MR) is 83.5 cm³/mol. The number of carbonyl (C=O) groups is 1. The van der Waals surface area contributed by atoms with Crippen molar-refractivity contribution in [3.05, 3.63) is 69.4 Å². The van der Waals surface area contributed by atoms with Crippen LogP contribution in [0, 0.1) is 0 Å². The van der Waals surface area contributed by atoms with Crippen LogP contribution in [0.25, 0.3) is 0 Å². The molecule has 0 aliphatic carbocycles. The van der Waals surface area contributed by atoms with Crippen LogP contribution >= 0.6 is 23.1 Å². The highest BCUT2D eigenvalue weighted by Gasteiger charge is 2.05. The zero-order valence-electron chi connectivity index (χ0n) is 10.6. The van der Waals surface area contributed by atoms with E-state index in [2.05, 4.69) is 17.4 Å². The van der Waals surface area contributed by atoms with Gasteiger partial charge in [-0.25, -0.2) is 0 Å². The lowest BCUT2D eigenvalue weighted by Gasteiger charge is -2.08. The van der Waals surface area contributed by atoms with Crippen LogP contribution in [0.15, 0.2) is 58.9 Å². The summed E-state index contributed by atoms with van der Waals surface area (Å²) >= 11 is 3.02. The maximum Gasteiger partial charge on any atom is 0.198 e. The number of ketones is 1. The summed E-state index contributed by atoms with van der Waals surface area (Å²) in [4.78, 5) is 12.7. The van der Waals surface area contributed by atoms with E-state index >= 15 is 0 Å². The summed E-state index contributed by atoms with van der Waals surface area (Å²) in [7, 11) is 0. The highest BCUT2D eigenvalue weighted by Crippen LogP contribution is 2.14. The second-order valence-electron chi connectivity index (χ2n) is 3.89. The van der Waals surface area contributed by atoms with E-state index in [-0.39, 0.29) is 5.78 Å². The molecule has 0 aliphatic heterocycles. The number of allylic oxidation sites excluding steroid dienone is 1. The smallest absolute Gasteiger partial charge is 0.198 e. The van der Waals surface area contributed by atoms with E-state index in [0.717, 1.165) is 16.5 Å². The fourth-order valence-corrected chi connectivity index (χ4v) is 2.65. The molecule has 0 amide bonds. The summed E-state index contributed by atoms with van der Waals surface area (Å²) in [6, 6.07) is 13.9. The second-order valence-corrected chi connectivity index (χ2v) is 5.69. The van der Waals surface area contributed by atoms with E-state index in [9.17, 15) is 4.79 Å². The fourth-order valence-electron chi connectivity index (χ4n) is 1.58. The highest BCUT2D eigenvalue weighted by molar-refractivity contribution is 8.02. The molecule has 0 spiro atoms. The van der Waals surface area contributed by atoms with Gasteiger partial charge >= 0.3 is 0 Å². The Hall–Kier alpha value is -1.52. The highest BCUT2D eigenvalue weighted by atomic mass is 32.2. The van der Waals surface area contributed by atoms with Crippen LogP contribution in [-0.2, 0) is 6.54 Å². The van der Waals surface area contributed by atoms with Crippen molar-refractivity contribution >= 4 is 28.9 Å². The summed E-state index contributed by atoms with van der Waals surface area (Å²) in [6.45, 7) is 0.727. The molecule has 0 bridgehead atoms. The van der Waals surface area contributed by atoms with Crippen molar-refractivity contribution in [2.45, 2.75) is 6.54 Å². The molecule has 2 rings (SSSR count). The van der Waals surface area contributed by atoms with Crippen molar-refractivity contribution in [2.75, 3.05) is 6.26 Å². The van der Waals surface area contributed by atoms with E-state index in [0.29, 0.717) is 0 Å². The number of hydrogen-bond acceptors (Lipinski definition) is 4. The zero-order chi connectivity index (χ0) is 13.5. The molecule has 4 heteroatoms. The Morgan fingerprint density at radius 2 is 2.05 bits per heavy atom. The predicted octanol–water partition coefficient (Wildman–Crippen LogP) is 3.93. The summed E-state index contributed by atoms with van der Waals surface area (Å²) in [5.74, 6) is 0.0555. The van der Waals surface area contributed by atoms with Crippen molar-refractivity contribution < 1.29 is 4.79 Å². The van der Waals surface area contributed by atoms with Gasteiger partial charge in [0.05, 0.1) is 9.91 Å². The molecule has 98 valence electrons. The van der Waals surface area contributed by atoms with Crippen molar-refractivity contribution in [3.63, 3.8) is 0 Å². The monoisotopic (exact) mass is 289 g/mol. The topological polar surface area (TPSA) is 29.1 Å². The standard InChI is InChI=1S/C15H15NOS2/c1-18-15(10-13(17)14-8-5-9-19-14)16-11-12-6-3-2-4-7-12/h2-10,16H,11H2,1H3. The van der Waals surface area contributed by atoms with Crippen LogP contribution in [0.4, 0.5) is 0 Å². The lowest BCUT2D eigenvalue weighted by atomic mass is 10.2. The number of carbonyl (C=O) groups excluding carboxylic acids is 1. The van der Waals surface area contributed by atoms with E-state index in [1.54, 1.807) is 17.8 Å². The van der Waals surface area contributed by atoms with Crippen LogP contribution in [0.3, 0.4) is 0 Å². The average Bonchev–Trinajstić information content (AvgIpc) is 2.98. The molecule has 0 fully saturated rings. The molecule has 0 aliphatic rings. The molecule has 0 saturated heterocycles. The molecule has 2 aromatic rings. The van der Waals surface area contributed by atoms with Crippen LogP contribution in [0.1, 0.15) is 15.2 Å². The van der Waals surface area contributed by atoms with Crippen molar-refractivity contribution in [2.24, 2.45) is 0 Å². The van der Waals surface area contributed by atoms with Crippen LogP contribution in [0.5, 0.6) is 0 Å². The van der Waals surface area contributed by atoms with Gasteiger partial charge in [0.15, 0.2) is 5.78 Å². The average molecular weight is 289 g/mol. The maximum absolute atomic E-state index is 12.0. The van der Waals surface area contributed by atoms with Gasteiger partial charge in [-0.05, 0) is 23.3 Å². The van der Waals surface area contributed by atoms with E-state index < -0.39 is 0 Å². The number of rotatable bonds is 6. The third-order valence-corrected chi connectivity index (χ3v) is 4.14. The zero-order valence-corrected chi connectivity index (χ0v) is 12.3. The van der Waals surface area contributed by atoms with E-state index in [1.807, 2.05) is 42.0 Å². The Balaban J connectivity index is 1.98. The number of benzene rings is 1. The Morgan fingerprint density at radius 3 is 2.68 bits per heavy atom. The largest absolute Gasteiger partial charge is 0.376 e. The van der Waals surface area contributed by atoms with Crippen molar-refractivity contribution in [1.29, 1.82) is 0 Å².